The van der Waals surface area contributed by atoms with Crippen LogP contribution >= 0.6 is 0 Å². The second-order valence-corrected chi connectivity index (χ2v) is 6.93. The SMILES string of the molecule is C=C(CCC(C)(F)F)C(N)=O.Fc1cnc(C(F)(F)F)cc1-c1cc2n(n1)CCC2. The van der Waals surface area contributed by atoms with E-state index in [-0.39, 0.29) is 29.7 Å². The highest BCUT2D eigenvalue weighted by Gasteiger charge is 2.33. The van der Waals surface area contributed by atoms with Crippen LogP contribution in [-0.4, -0.2) is 26.6 Å². The molecule has 2 aromatic rings. The van der Waals surface area contributed by atoms with Crippen LogP contribution in [0, 0.1) is 5.82 Å². The van der Waals surface area contributed by atoms with Crippen molar-refractivity contribution in [2.75, 3.05) is 0 Å². The summed E-state index contributed by atoms with van der Waals surface area (Å²) in [5.74, 6) is -4.27. The van der Waals surface area contributed by atoms with Crippen molar-refractivity contribution in [3.8, 4) is 11.3 Å². The molecule has 0 spiro atoms. The molecule has 5 nitrogen and oxygen atoms in total. The molecule has 0 bridgehead atoms. The lowest BCUT2D eigenvalue weighted by Crippen LogP contribution is -2.16. The third-order valence-corrected chi connectivity index (χ3v) is 4.30. The molecule has 0 aromatic carbocycles. The van der Waals surface area contributed by atoms with Gasteiger partial charge in [-0.3, -0.25) is 9.48 Å². The molecule has 1 aliphatic rings. The van der Waals surface area contributed by atoms with Gasteiger partial charge in [0.15, 0.2) is 5.82 Å². The molecule has 2 aromatic heterocycles. The summed E-state index contributed by atoms with van der Waals surface area (Å²) in [6.07, 6.45) is -2.66. The van der Waals surface area contributed by atoms with Gasteiger partial charge >= 0.3 is 6.18 Å². The quantitative estimate of drug-likeness (QED) is 0.556. The molecule has 0 atom stereocenters. The standard InChI is InChI=1S/C12H9F4N3.C7H11F2NO/c13-9-6-17-11(12(14,15)16)5-8(9)10-4-7-2-1-3-19(7)18-10;1-5(6(10)11)3-4-7(2,8)9/h4-6H,1-3H2;1,3-4H2,2H3,(H2,10,11). The molecule has 11 heteroatoms. The van der Waals surface area contributed by atoms with Gasteiger partial charge in [0.1, 0.15) is 5.69 Å². The van der Waals surface area contributed by atoms with Crippen LogP contribution in [0.25, 0.3) is 11.3 Å². The first-order valence-corrected chi connectivity index (χ1v) is 8.93. The van der Waals surface area contributed by atoms with Gasteiger partial charge in [-0.2, -0.15) is 18.3 Å². The van der Waals surface area contributed by atoms with Gasteiger partial charge in [-0.15, -0.1) is 0 Å². The number of primary amides is 1. The lowest BCUT2D eigenvalue weighted by Gasteiger charge is -2.08. The maximum atomic E-state index is 13.6. The van der Waals surface area contributed by atoms with Gasteiger partial charge in [-0.25, -0.2) is 18.2 Å². The van der Waals surface area contributed by atoms with Gasteiger partial charge in [-0.1, -0.05) is 6.58 Å². The van der Waals surface area contributed by atoms with E-state index in [4.69, 9.17) is 5.73 Å². The summed E-state index contributed by atoms with van der Waals surface area (Å²) in [4.78, 5) is 13.4. The molecule has 3 rings (SSSR count). The van der Waals surface area contributed by atoms with Gasteiger partial charge in [0, 0.05) is 29.8 Å². The fourth-order valence-corrected chi connectivity index (χ4v) is 2.68. The van der Waals surface area contributed by atoms with Crippen LogP contribution in [-0.2, 0) is 23.9 Å². The molecule has 1 aliphatic heterocycles. The summed E-state index contributed by atoms with van der Waals surface area (Å²) >= 11 is 0. The number of carbonyl (C=O) groups is 1. The molecule has 30 heavy (non-hydrogen) atoms. The summed E-state index contributed by atoms with van der Waals surface area (Å²) in [5.41, 5.74) is 4.69. The number of halogens is 6. The van der Waals surface area contributed by atoms with Crippen LogP contribution in [0.2, 0.25) is 0 Å². The smallest absolute Gasteiger partial charge is 0.366 e. The molecular formula is C19H20F6N4O. The molecule has 164 valence electrons. The van der Waals surface area contributed by atoms with Crippen LogP contribution in [0.5, 0.6) is 0 Å². The predicted octanol–water partition coefficient (Wildman–Crippen LogP) is 4.51. The minimum absolute atomic E-state index is 0.0428. The van der Waals surface area contributed by atoms with E-state index in [0.29, 0.717) is 18.8 Å². The highest BCUT2D eigenvalue weighted by Crippen LogP contribution is 2.32. The first kappa shape index (κ1) is 23.4. The van der Waals surface area contributed by atoms with Crippen molar-refractivity contribution in [1.29, 1.82) is 0 Å². The van der Waals surface area contributed by atoms with E-state index in [1.807, 2.05) is 0 Å². The van der Waals surface area contributed by atoms with E-state index in [2.05, 4.69) is 16.7 Å². The Morgan fingerprint density at radius 2 is 1.93 bits per heavy atom. The van der Waals surface area contributed by atoms with Crippen LogP contribution in [0.4, 0.5) is 26.3 Å². The zero-order valence-corrected chi connectivity index (χ0v) is 16.1. The van der Waals surface area contributed by atoms with Crippen LogP contribution in [0.3, 0.4) is 0 Å². The Labute approximate surface area is 168 Å². The summed E-state index contributed by atoms with van der Waals surface area (Å²) in [6, 6.07) is 2.33. The van der Waals surface area contributed by atoms with Crippen molar-refractivity contribution in [1.82, 2.24) is 14.8 Å². The number of carbonyl (C=O) groups excluding carboxylic acids is 1. The number of alkyl halides is 5. The molecule has 0 aliphatic carbocycles. The van der Waals surface area contributed by atoms with Crippen molar-refractivity contribution in [2.24, 2.45) is 5.73 Å². The number of aryl methyl sites for hydroxylation is 2. The fourth-order valence-electron chi connectivity index (χ4n) is 2.68. The van der Waals surface area contributed by atoms with Gasteiger partial charge in [0.2, 0.25) is 11.8 Å². The van der Waals surface area contributed by atoms with Crippen molar-refractivity contribution in [3.05, 3.63) is 47.7 Å². The van der Waals surface area contributed by atoms with E-state index in [1.165, 1.54) is 0 Å². The molecule has 0 fully saturated rings. The molecular weight excluding hydrogens is 414 g/mol. The second kappa shape index (κ2) is 8.88. The van der Waals surface area contributed by atoms with Crippen molar-refractivity contribution >= 4 is 5.91 Å². The Hall–Kier alpha value is -2.85. The molecule has 0 saturated carbocycles. The Morgan fingerprint density at radius 3 is 2.47 bits per heavy atom. The topological polar surface area (TPSA) is 73.8 Å². The molecule has 2 N–H and O–H groups in total. The van der Waals surface area contributed by atoms with E-state index in [1.54, 1.807) is 10.7 Å². The number of nitrogens with zero attached hydrogens (tertiary/aromatic N) is 3. The van der Waals surface area contributed by atoms with Crippen LogP contribution in [0.15, 0.2) is 30.5 Å². The molecule has 0 radical (unpaired) electrons. The van der Waals surface area contributed by atoms with Crippen molar-refractivity contribution < 1.29 is 31.1 Å². The summed E-state index contributed by atoms with van der Waals surface area (Å²) in [5, 5.41) is 4.13. The Kier molecular flexibility index (Phi) is 6.94. The number of nitrogens with two attached hydrogens (primary N) is 1. The Balaban J connectivity index is 0.000000252. The third kappa shape index (κ3) is 6.33. The number of fused-ring (bicyclic) bond motifs is 1. The lowest BCUT2D eigenvalue weighted by atomic mass is 10.1. The average molecular weight is 434 g/mol. The summed E-state index contributed by atoms with van der Waals surface area (Å²) < 4.78 is 77.3. The Bertz CT molecular complexity index is 909. The van der Waals surface area contributed by atoms with Crippen molar-refractivity contribution in [2.45, 2.75) is 51.3 Å². The average Bonchev–Trinajstić information content (AvgIpc) is 3.20. The lowest BCUT2D eigenvalue weighted by molar-refractivity contribution is -0.141. The summed E-state index contributed by atoms with van der Waals surface area (Å²) in [7, 11) is 0. The normalized spacial score (nSPS) is 13.4. The number of aromatic nitrogens is 3. The van der Waals surface area contributed by atoms with Gasteiger partial charge in [0.05, 0.1) is 11.9 Å². The number of amides is 1. The number of pyridine rings is 1. The molecule has 0 unspecified atom stereocenters. The van der Waals surface area contributed by atoms with E-state index in [9.17, 15) is 31.1 Å². The first-order valence-electron chi connectivity index (χ1n) is 8.93. The third-order valence-electron chi connectivity index (χ3n) is 4.30. The highest BCUT2D eigenvalue weighted by atomic mass is 19.4. The van der Waals surface area contributed by atoms with Crippen molar-refractivity contribution in [3.63, 3.8) is 0 Å². The number of hydrogen-bond donors (Lipinski definition) is 1. The minimum Gasteiger partial charge on any atom is -0.366 e. The number of rotatable bonds is 5. The van der Waals surface area contributed by atoms with Gasteiger partial charge < -0.3 is 5.73 Å². The first-order chi connectivity index (χ1) is 13.8. The second-order valence-electron chi connectivity index (χ2n) is 6.93. The molecule has 3 heterocycles. The van der Waals surface area contributed by atoms with E-state index < -0.39 is 29.5 Å². The van der Waals surface area contributed by atoms with E-state index in [0.717, 1.165) is 25.5 Å². The van der Waals surface area contributed by atoms with Gasteiger partial charge in [0.25, 0.3) is 0 Å². The van der Waals surface area contributed by atoms with Crippen LogP contribution < -0.4 is 5.73 Å². The van der Waals surface area contributed by atoms with Crippen LogP contribution in [0.1, 0.15) is 37.6 Å². The van der Waals surface area contributed by atoms with E-state index >= 15 is 0 Å². The largest absolute Gasteiger partial charge is 0.433 e. The maximum absolute atomic E-state index is 13.6. The maximum Gasteiger partial charge on any atom is 0.433 e. The Morgan fingerprint density at radius 1 is 1.27 bits per heavy atom. The molecule has 1 amide bonds. The number of hydrogen-bond acceptors (Lipinski definition) is 3. The monoisotopic (exact) mass is 434 g/mol. The predicted molar refractivity (Wildman–Crippen MR) is 96.9 cm³/mol. The van der Waals surface area contributed by atoms with Gasteiger partial charge in [-0.05, 0) is 38.3 Å². The summed E-state index contributed by atoms with van der Waals surface area (Å²) in [6.45, 7) is 4.76. The highest BCUT2D eigenvalue weighted by molar-refractivity contribution is 5.91. The zero-order chi connectivity index (χ0) is 22.7. The molecule has 0 saturated heterocycles. The zero-order valence-electron chi connectivity index (χ0n) is 16.1. The fraction of sp³-hybridized carbons (Fsp3) is 0.421. The minimum atomic E-state index is -4.59.